The lowest BCUT2D eigenvalue weighted by Gasteiger charge is -2.38. The van der Waals surface area contributed by atoms with Crippen molar-refractivity contribution in [3.8, 4) is 0 Å². The predicted molar refractivity (Wildman–Crippen MR) is 134 cm³/mol. The third kappa shape index (κ3) is 4.66. The molecule has 2 saturated heterocycles. The number of aromatic nitrogens is 1. The zero-order chi connectivity index (χ0) is 23.0. The Labute approximate surface area is 206 Å². The Bertz CT molecular complexity index is 1260. The number of amides is 1. The van der Waals surface area contributed by atoms with E-state index in [1.54, 1.807) is 41.7 Å². The Morgan fingerprint density at radius 1 is 1.03 bits per heavy atom. The smallest absolute Gasteiger partial charge is 0.243 e. The quantitative estimate of drug-likeness (QED) is 0.495. The van der Waals surface area contributed by atoms with E-state index in [1.165, 1.54) is 4.31 Å². The van der Waals surface area contributed by atoms with Gasteiger partial charge >= 0.3 is 0 Å². The van der Waals surface area contributed by atoms with Crippen molar-refractivity contribution in [2.75, 3.05) is 44.2 Å². The number of thiazole rings is 1. The zero-order valence-electron chi connectivity index (χ0n) is 18.1. The minimum Gasteiger partial charge on any atom is -0.345 e. The van der Waals surface area contributed by atoms with Crippen LogP contribution in [0.5, 0.6) is 0 Å². The van der Waals surface area contributed by atoms with Crippen LogP contribution in [0.15, 0.2) is 57.9 Å². The van der Waals surface area contributed by atoms with Crippen LogP contribution >= 0.6 is 27.3 Å². The molecule has 10 heteroatoms. The summed E-state index contributed by atoms with van der Waals surface area (Å²) in [5.41, 5.74) is 0.985. The number of hydrogen-bond donors (Lipinski definition) is 0. The summed E-state index contributed by atoms with van der Waals surface area (Å²) < 4.78 is 29.7. The number of piperidine rings is 1. The first-order valence-corrected chi connectivity index (χ1v) is 14.1. The van der Waals surface area contributed by atoms with E-state index in [2.05, 4.69) is 26.9 Å². The number of rotatable bonds is 4. The van der Waals surface area contributed by atoms with Gasteiger partial charge in [-0.3, -0.25) is 4.79 Å². The van der Waals surface area contributed by atoms with Crippen LogP contribution in [-0.2, 0) is 14.8 Å². The molecule has 7 nitrogen and oxygen atoms in total. The van der Waals surface area contributed by atoms with E-state index in [4.69, 9.17) is 4.98 Å². The molecule has 174 valence electrons. The molecule has 0 saturated carbocycles. The average Bonchev–Trinajstić information content (AvgIpc) is 3.27. The summed E-state index contributed by atoms with van der Waals surface area (Å²) in [7, 11) is -3.58. The minimum absolute atomic E-state index is 0.0656. The van der Waals surface area contributed by atoms with Crippen LogP contribution in [0.2, 0.25) is 0 Å². The lowest BCUT2D eigenvalue weighted by Crippen LogP contribution is -2.53. The molecule has 0 aliphatic carbocycles. The number of nitrogens with zero attached hydrogens (tertiary/aromatic N) is 4. The highest BCUT2D eigenvalue weighted by molar-refractivity contribution is 9.10. The van der Waals surface area contributed by atoms with Crippen LogP contribution in [0.25, 0.3) is 10.2 Å². The van der Waals surface area contributed by atoms with Gasteiger partial charge in [-0.05, 0) is 43.2 Å². The average molecular weight is 550 g/mol. The van der Waals surface area contributed by atoms with Gasteiger partial charge in [0, 0.05) is 43.7 Å². The summed E-state index contributed by atoms with van der Waals surface area (Å²) >= 11 is 5.17. The molecule has 1 aromatic heterocycles. The Hall–Kier alpha value is -2.01. The van der Waals surface area contributed by atoms with Gasteiger partial charge in [-0.1, -0.05) is 45.5 Å². The monoisotopic (exact) mass is 548 g/mol. The maximum atomic E-state index is 13.3. The largest absolute Gasteiger partial charge is 0.345 e. The summed E-state index contributed by atoms with van der Waals surface area (Å²) in [5.74, 6) is -0.223. The van der Waals surface area contributed by atoms with Gasteiger partial charge in [0.1, 0.15) is 0 Å². The first kappa shape index (κ1) is 22.8. The molecule has 2 aliphatic heterocycles. The first-order chi connectivity index (χ1) is 15.9. The molecule has 1 unspecified atom stereocenters. The van der Waals surface area contributed by atoms with Crippen molar-refractivity contribution in [2.24, 2.45) is 5.92 Å². The van der Waals surface area contributed by atoms with E-state index in [0.717, 1.165) is 39.3 Å². The molecule has 0 spiro atoms. The second kappa shape index (κ2) is 9.32. The summed E-state index contributed by atoms with van der Waals surface area (Å²) in [6.07, 6.45) is 1.43. The molecule has 1 amide bonds. The summed E-state index contributed by atoms with van der Waals surface area (Å²) in [5, 5.41) is 0.980. The van der Waals surface area contributed by atoms with Crippen LogP contribution in [0.4, 0.5) is 5.13 Å². The number of anilines is 1. The van der Waals surface area contributed by atoms with Gasteiger partial charge < -0.3 is 9.80 Å². The fourth-order valence-corrected chi connectivity index (χ4v) is 7.62. The lowest BCUT2D eigenvalue weighted by atomic mass is 9.98. The van der Waals surface area contributed by atoms with Gasteiger partial charge in [0.05, 0.1) is 21.0 Å². The first-order valence-electron chi connectivity index (χ1n) is 11.1. The van der Waals surface area contributed by atoms with Crippen molar-refractivity contribution in [3.63, 3.8) is 0 Å². The molecule has 5 rings (SSSR count). The number of fused-ring (bicyclic) bond motifs is 1. The number of piperazine rings is 1. The van der Waals surface area contributed by atoms with Crippen LogP contribution in [0.3, 0.4) is 0 Å². The fraction of sp³-hybridized carbons (Fsp3) is 0.391. The Morgan fingerprint density at radius 3 is 2.55 bits per heavy atom. The highest BCUT2D eigenvalue weighted by atomic mass is 79.9. The number of halogens is 1. The third-order valence-electron chi connectivity index (χ3n) is 6.32. The van der Waals surface area contributed by atoms with E-state index in [9.17, 15) is 13.2 Å². The highest BCUT2D eigenvalue weighted by Crippen LogP contribution is 2.32. The van der Waals surface area contributed by atoms with Crippen molar-refractivity contribution in [1.82, 2.24) is 14.2 Å². The predicted octanol–water partition coefficient (Wildman–Crippen LogP) is 3.81. The lowest BCUT2D eigenvalue weighted by molar-refractivity contribution is -0.137. The van der Waals surface area contributed by atoms with Gasteiger partial charge in [-0.2, -0.15) is 4.31 Å². The topological polar surface area (TPSA) is 73.8 Å². The minimum atomic E-state index is -3.58. The Balaban J connectivity index is 1.22. The van der Waals surface area contributed by atoms with Gasteiger partial charge in [-0.25, -0.2) is 13.4 Å². The SMILES string of the molecule is O=C(C1CCCN(S(=O)(=O)c2ccccc2)C1)N1CCN(c2nc3ccc(Br)cc3s2)CC1. The number of carbonyl (C=O) groups is 1. The second-order valence-corrected chi connectivity index (χ2v) is 12.3. The van der Waals surface area contributed by atoms with Crippen molar-refractivity contribution < 1.29 is 13.2 Å². The van der Waals surface area contributed by atoms with Crippen LogP contribution in [0, 0.1) is 5.92 Å². The summed E-state index contributed by atoms with van der Waals surface area (Å²) in [6.45, 7) is 3.42. The number of sulfonamides is 1. The molecule has 33 heavy (non-hydrogen) atoms. The van der Waals surface area contributed by atoms with Crippen LogP contribution < -0.4 is 4.90 Å². The summed E-state index contributed by atoms with van der Waals surface area (Å²) in [4.78, 5) is 22.4. The maximum Gasteiger partial charge on any atom is 0.243 e. The Kier molecular flexibility index (Phi) is 6.43. The third-order valence-corrected chi connectivity index (χ3v) is 9.77. The normalized spacial score (nSPS) is 20.3. The van der Waals surface area contributed by atoms with E-state index in [0.29, 0.717) is 26.1 Å². The Morgan fingerprint density at radius 2 is 1.79 bits per heavy atom. The van der Waals surface area contributed by atoms with Crippen molar-refractivity contribution in [2.45, 2.75) is 17.7 Å². The summed E-state index contributed by atoms with van der Waals surface area (Å²) in [6, 6.07) is 14.6. The maximum absolute atomic E-state index is 13.3. The number of carbonyl (C=O) groups excluding carboxylic acids is 1. The number of hydrogen-bond acceptors (Lipinski definition) is 6. The van der Waals surface area contributed by atoms with Gasteiger partial charge in [-0.15, -0.1) is 0 Å². The van der Waals surface area contributed by atoms with Gasteiger partial charge in [0.2, 0.25) is 15.9 Å². The van der Waals surface area contributed by atoms with E-state index in [1.807, 2.05) is 17.0 Å². The van der Waals surface area contributed by atoms with Crippen LogP contribution in [0.1, 0.15) is 12.8 Å². The molecule has 1 atom stereocenters. The van der Waals surface area contributed by atoms with Crippen LogP contribution in [-0.4, -0.2) is 67.8 Å². The highest BCUT2D eigenvalue weighted by Gasteiger charge is 2.36. The molecule has 2 aliphatic rings. The zero-order valence-corrected chi connectivity index (χ0v) is 21.3. The molecule has 0 N–H and O–H groups in total. The van der Waals surface area contributed by atoms with Crippen molar-refractivity contribution in [1.29, 1.82) is 0 Å². The van der Waals surface area contributed by atoms with E-state index in [-0.39, 0.29) is 23.3 Å². The van der Waals surface area contributed by atoms with Gasteiger partial charge in [0.15, 0.2) is 5.13 Å². The molecular formula is C23H25BrN4O3S2. The van der Waals surface area contributed by atoms with E-state index >= 15 is 0 Å². The number of benzene rings is 2. The standard InChI is InChI=1S/C23H25BrN4O3S2/c24-18-8-9-20-21(15-18)32-23(25-20)27-13-11-26(12-14-27)22(29)17-5-4-10-28(16-17)33(30,31)19-6-2-1-3-7-19/h1-3,6-9,15,17H,4-5,10-14,16H2. The fourth-order valence-electron chi connectivity index (χ4n) is 4.50. The molecule has 2 aromatic carbocycles. The van der Waals surface area contributed by atoms with Gasteiger partial charge in [0.25, 0.3) is 0 Å². The molecule has 0 bridgehead atoms. The molecule has 2 fully saturated rings. The van der Waals surface area contributed by atoms with E-state index < -0.39 is 10.0 Å². The molecule has 0 radical (unpaired) electrons. The molecule has 3 aromatic rings. The van der Waals surface area contributed by atoms with Crippen molar-refractivity contribution >= 4 is 58.5 Å². The molecule has 3 heterocycles. The second-order valence-electron chi connectivity index (χ2n) is 8.44. The molecular weight excluding hydrogens is 524 g/mol. The van der Waals surface area contributed by atoms with Crippen molar-refractivity contribution in [3.05, 3.63) is 53.0 Å².